The van der Waals surface area contributed by atoms with Crippen molar-refractivity contribution in [2.24, 2.45) is 0 Å². The van der Waals surface area contributed by atoms with Gasteiger partial charge < -0.3 is 4.74 Å². The maximum absolute atomic E-state index is 13.5. The number of benzene rings is 2. The molecule has 0 N–H and O–H groups in total. The molecule has 0 heterocycles. The van der Waals surface area contributed by atoms with Gasteiger partial charge >= 0.3 is 0 Å². The van der Waals surface area contributed by atoms with Crippen LogP contribution in [0.15, 0.2) is 40.9 Å². The van der Waals surface area contributed by atoms with Crippen LogP contribution in [0.1, 0.15) is 10.4 Å². The molecule has 0 saturated heterocycles. The summed E-state index contributed by atoms with van der Waals surface area (Å²) in [5, 5.41) is 0. The monoisotopic (exact) mass is 344 g/mol. The highest BCUT2D eigenvalue weighted by Crippen LogP contribution is 2.29. The largest absolute Gasteiger partial charge is 0.481 e. The van der Waals surface area contributed by atoms with Crippen molar-refractivity contribution >= 4 is 21.7 Å². The van der Waals surface area contributed by atoms with Crippen LogP contribution in [0.2, 0.25) is 0 Å². The molecule has 0 fully saturated rings. The Balaban J connectivity index is 2.09. The Morgan fingerprint density at radius 2 is 1.70 bits per heavy atom. The lowest BCUT2D eigenvalue weighted by Gasteiger charge is -2.09. The summed E-state index contributed by atoms with van der Waals surface area (Å²) in [5.41, 5.74) is 0.241. The molecule has 6 heteroatoms. The summed E-state index contributed by atoms with van der Waals surface area (Å²) in [5.74, 6) is -2.83. The summed E-state index contributed by atoms with van der Waals surface area (Å²) in [6.45, 7) is -0.438. The average molecular weight is 345 g/mol. The number of hydrogen-bond acceptors (Lipinski definition) is 2. The number of ketones is 1. The summed E-state index contributed by atoms with van der Waals surface area (Å²) in [6, 6.07) is 6.57. The van der Waals surface area contributed by atoms with E-state index in [4.69, 9.17) is 4.74 Å². The van der Waals surface area contributed by atoms with Crippen LogP contribution in [-0.2, 0) is 0 Å². The molecule has 0 unspecified atom stereocenters. The summed E-state index contributed by atoms with van der Waals surface area (Å²) in [6.07, 6.45) is 0. The summed E-state index contributed by atoms with van der Waals surface area (Å²) in [4.78, 5) is 11.8. The zero-order chi connectivity index (χ0) is 14.7. The van der Waals surface area contributed by atoms with Crippen LogP contribution in [0.3, 0.4) is 0 Å². The minimum Gasteiger partial charge on any atom is -0.481 e. The first-order valence-corrected chi connectivity index (χ1v) is 6.33. The summed E-state index contributed by atoms with van der Waals surface area (Å²) in [7, 11) is 0. The van der Waals surface area contributed by atoms with Gasteiger partial charge in [-0.15, -0.1) is 0 Å². The Labute approximate surface area is 121 Å². The normalized spacial score (nSPS) is 10.4. The molecule has 0 aliphatic rings. The number of carbonyl (C=O) groups excluding carboxylic acids is 1. The Hall–Kier alpha value is -1.82. The fourth-order valence-corrected chi connectivity index (χ4v) is 2.05. The Kier molecular flexibility index (Phi) is 4.44. The standard InChI is InChI=1S/C14H8BrF3O2/c15-11-5-10(17)6-12(18)14(11)20-7-13(19)8-1-3-9(16)4-2-8/h1-6H,7H2. The molecule has 0 aliphatic heterocycles. The van der Waals surface area contributed by atoms with Gasteiger partial charge in [0.1, 0.15) is 11.6 Å². The van der Waals surface area contributed by atoms with Crippen molar-refractivity contribution < 1.29 is 22.7 Å². The van der Waals surface area contributed by atoms with Gasteiger partial charge in [-0.1, -0.05) is 0 Å². The summed E-state index contributed by atoms with van der Waals surface area (Å²) >= 11 is 2.95. The molecule has 0 atom stereocenters. The predicted octanol–water partition coefficient (Wildman–Crippen LogP) is 4.13. The molecular weight excluding hydrogens is 337 g/mol. The third-order valence-corrected chi connectivity index (χ3v) is 3.07. The number of halogens is 4. The van der Waals surface area contributed by atoms with Crippen molar-refractivity contribution in [1.82, 2.24) is 0 Å². The Morgan fingerprint density at radius 3 is 2.30 bits per heavy atom. The molecule has 2 rings (SSSR count). The lowest BCUT2D eigenvalue weighted by molar-refractivity contribution is 0.0918. The number of ether oxygens (including phenoxy) is 1. The molecule has 2 nitrogen and oxygen atoms in total. The quantitative estimate of drug-likeness (QED) is 0.779. The van der Waals surface area contributed by atoms with Gasteiger partial charge in [-0.2, -0.15) is 0 Å². The van der Waals surface area contributed by atoms with Crippen LogP contribution in [0.4, 0.5) is 13.2 Å². The number of hydrogen-bond donors (Lipinski definition) is 0. The summed E-state index contributed by atoms with van der Waals surface area (Å²) < 4.78 is 44.2. The lowest BCUT2D eigenvalue weighted by Crippen LogP contribution is -2.12. The van der Waals surface area contributed by atoms with Crippen LogP contribution in [0.25, 0.3) is 0 Å². The molecule has 2 aromatic carbocycles. The van der Waals surface area contributed by atoms with Crippen molar-refractivity contribution in [3.63, 3.8) is 0 Å². The number of carbonyl (C=O) groups is 1. The zero-order valence-electron chi connectivity index (χ0n) is 10.00. The molecule has 20 heavy (non-hydrogen) atoms. The van der Waals surface area contributed by atoms with Crippen molar-refractivity contribution in [2.75, 3.05) is 6.61 Å². The van der Waals surface area contributed by atoms with E-state index in [2.05, 4.69) is 15.9 Å². The first kappa shape index (κ1) is 14.6. The Bertz CT molecular complexity index is 618. The van der Waals surface area contributed by atoms with Gasteiger partial charge in [0, 0.05) is 11.6 Å². The van der Waals surface area contributed by atoms with E-state index in [1.807, 2.05) is 0 Å². The first-order valence-electron chi connectivity index (χ1n) is 5.53. The fourth-order valence-electron chi connectivity index (χ4n) is 1.52. The predicted molar refractivity (Wildman–Crippen MR) is 70.3 cm³/mol. The number of Topliss-reactive ketones (excluding diaryl/α,β-unsaturated/α-hetero) is 1. The highest BCUT2D eigenvalue weighted by molar-refractivity contribution is 9.10. The van der Waals surface area contributed by atoms with Crippen molar-refractivity contribution in [1.29, 1.82) is 0 Å². The van der Waals surface area contributed by atoms with E-state index in [0.717, 1.165) is 18.2 Å². The lowest BCUT2D eigenvalue weighted by atomic mass is 10.1. The molecule has 0 saturated carbocycles. The Morgan fingerprint density at radius 1 is 1.05 bits per heavy atom. The van der Waals surface area contributed by atoms with Gasteiger partial charge in [-0.3, -0.25) is 4.79 Å². The molecular formula is C14H8BrF3O2. The maximum Gasteiger partial charge on any atom is 0.200 e. The van der Waals surface area contributed by atoms with Gasteiger partial charge in [0.25, 0.3) is 0 Å². The van der Waals surface area contributed by atoms with E-state index in [-0.39, 0.29) is 15.8 Å². The van der Waals surface area contributed by atoms with Gasteiger partial charge in [0.05, 0.1) is 4.47 Å². The topological polar surface area (TPSA) is 26.3 Å². The van der Waals surface area contributed by atoms with E-state index in [1.54, 1.807) is 0 Å². The van der Waals surface area contributed by atoms with E-state index in [0.29, 0.717) is 6.07 Å². The van der Waals surface area contributed by atoms with E-state index < -0.39 is 29.8 Å². The van der Waals surface area contributed by atoms with Crippen molar-refractivity contribution in [3.8, 4) is 5.75 Å². The SMILES string of the molecule is O=C(COc1c(F)cc(F)cc1Br)c1ccc(F)cc1. The minimum atomic E-state index is -0.913. The molecule has 0 amide bonds. The second-order valence-electron chi connectivity index (χ2n) is 3.92. The smallest absolute Gasteiger partial charge is 0.200 e. The molecule has 0 aromatic heterocycles. The second-order valence-corrected chi connectivity index (χ2v) is 4.77. The van der Waals surface area contributed by atoms with Gasteiger partial charge in [0.2, 0.25) is 0 Å². The molecule has 0 spiro atoms. The molecule has 0 bridgehead atoms. The average Bonchev–Trinajstić information content (AvgIpc) is 2.38. The highest BCUT2D eigenvalue weighted by atomic mass is 79.9. The zero-order valence-corrected chi connectivity index (χ0v) is 11.6. The van der Waals surface area contributed by atoms with Crippen molar-refractivity contribution in [2.45, 2.75) is 0 Å². The van der Waals surface area contributed by atoms with Crippen LogP contribution < -0.4 is 4.74 Å². The van der Waals surface area contributed by atoms with Crippen LogP contribution in [-0.4, -0.2) is 12.4 Å². The fraction of sp³-hybridized carbons (Fsp3) is 0.0714. The van der Waals surface area contributed by atoms with E-state index in [9.17, 15) is 18.0 Å². The second kappa shape index (κ2) is 6.09. The van der Waals surface area contributed by atoms with Crippen LogP contribution >= 0.6 is 15.9 Å². The van der Waals surface area contributed by atoms with Crippen LogP contribution in [0.5, 0.6) is 5.75 Å². The third kappa shape index (κ3) is 3.39. The minimum absolute atomic E-state index is 0.0712. The maximum atomic E-state index is 13.5. The molecule has 104 valence electrons. The van der Waals surface area contributed by atoms with Gasteiger partial charge in [-0.05, 0) is 46.3 Å². The highest BCUT2D eigenvalue weighted by Gasteiger charge is 2.13. The van der Waals surface area contributed by atoms with Gasteiger partial charge in [0.15, 0.2) is 24.0 Å². The van der Waals surface area contributed by atoms with Crippen molar-refractivity contribution in [3.05, 3.63) is 63.9 Å². The third-order valence-electron chi connectivity index (χ3n) is 2.48. The van der Waals surface area contributed by atoms with E-state index in [1.165, 1.54) is 12.1 Å². The molecule has 0 radical (unpaired) electrons. The van der Waals surface area contributed by atoms with E-state index >= 15 is 0 Å². The molecule has 2 aromatic rings. The molecule has 0 aliphatic carbocycles. The number of rotatable bonds is 4. The van der Waals surface area contributed by atoms with Gasteiger partial charge in [-0.25, -0.2) is 13.2 Å². The van der Waals surface area contributed by atoms with Crippen LogP contribution in [0, 0.1) is 17.5 Å². The first-order chi connectivity index (χ1) is 9.47.